The van der Waals surface area contributed by atoms with Crippen LogP contribution >= 0.6 is 0 Å². The molecule has 1 fully saturated rings. The van der Waals surface area contributed by atoms with E-state index in [9.17, 15) is 31.2 Å². The van der Waals surface area contributed by atoms with Gasteiger partial charge in [0.05, 0.1) is 34.6 Å². The van der Waals surface area contributed by atoms with Crippen LogP contribution in [0.4, 0.5) is 24.8 Å². The zero-order chi connectivity index (χ0) is 28.8. The Labute approximate surface area is 229 Å². The number of carbonyl (C=O) groups is 2. The molecule has 2 amide bonds. The summed E-state index contributed by atoms with van der Waals surface area (Å²) in [5, 5.41) is 2.72. The third-order valence-electron chi connectivity index (χ3n) is 7.16. The van der Waals surface area contributed by atoms with Gasteiger partial charge in [-0.05, 0) is 53.8 Å². The minimum Gasteiger partial charge on any atom is -0.334 e. The Morgan fingerprint density at radius 1 is 1.07 bits per heavy atom. The van der Waals surface area contributed by atoms with Crippen LogP contribution in [0.1, 0.15) is 54.1 Å². The summed E-state index contributed by atoms with van der Waals surface area (Å²) in [7, 11) is -3.46. The highest BCUT2D eigenvalue weighted by atomic mass is 32.2. The maximum absolute atomic E-state index is 13.3. The van der Waals surface area contributed by atoms with Gasteiger partial charge in [-0.3, -0.25) is 9.59 Å². The van der Waals surface area contributed by atoms with Crippen molar-refractivity contribution in [1.29, 1.82) is 0 Å². The van der Waals surface area contributed by atoms with Crippen molar-refractivity contribution < 1.29 is 31.2 Å². The number of carbonyl (C=O) groups excluding carboxylic acids is 2. The van der Waals surface area contributed by atoms with E-state index in [4.69, 9.17) is 0 Å². The van der Waals surface area contributed by atoms with Crippen LogP contribution in [0, 0.1) is 0 Å². The maximum Gasteiger partial charge on any atom is 0.416 e. The summed E-state index contributed by atoms with van der Waals surface area (Å²) < 4.78 is 63.6. The molecular formula is C27H26F3N5O4S. The molecule has 2 aliphatic heterocycles. The lowest BCUT2D eigenvalue weighted by atomic mass is 10.0. The molecule has 0 radical (unpaired) electrons. The van der Waals surface area contributed by atoms with E-state index < -0.39 is 33.5 Å². The Kier molecular flexibility index (Phi) is 7.02. The standard InChI is InChI=1S/C27H26F3N5O4S/c1-16(36)35-15-18-12-21(40(2,38)39)8-9-22(18)24(35)25(37)33-20-13-31-26(32-14-20)34-10-4-7-23(34)17-5-3-6-19(11-17)27(28,29)30/h3,5-6,8-9,11-14,23-24H,4,7,10,15H2,1-2H3,(H,33,37)/t23?,24-/m1/s1. The number of nitrogens with zero attached hydrogens (tertiary/aromatic N) is 4. The van der Waals surface area contributed by atoms with Gasteiger partial charge in [0.15, 0.2) is 9.84 Å². The second kappa shape index (κ2) is 10.2. The molecule has 9 nitrogen and oxygen atoms in total. The molecule has 3 aromatic rings. The zero-order valence-electron chi connectivity index (χ0n) is 21.6. The third kappa shape index (κ3) is 5.37. The zero-order valence-corrected chi connectivity index (χ0v) is 22.5. The van der Waals surface area contributed by atoms with Gasteiger partial charge in [0, 0.05) is 26.3 Å². The molecule has 1 unspecified atom stereocenters. The summed E-state index contributed by atoms with van der Waals surface area (Å²) in [5.41, 5.74) is 1.18. The minimum absolute atomic E-state index is 0.0907. The number of hydrogen-bond acceptors (Lipinski definition) is 7. The number of fused-ring (bicyclic) bond motifs is 1. The molecule has 0 saturated carbocycles. The summed E-state index contributed by atoms with van der Waals surface area (Å²) >= 11 is 0. The predicted octanol–water partition coefficient (Wildman–Crippen LogP) is 4.28. The summed E-state index contributed by atoms with van der Waals surface area (Å²) in [5.74, 6) is -0.540. The minimum atomic E-state index is -4.44. The van der Waals surface area contributed by atoms with Crippen molar-refractivity contribution >= 4 is 33.3 Å². The average molecular weight is 574 g/mol. The first-order valence-corrected chi connectivity index (χ1v) is 14.4. The number of sulfone groups is 1. The summed E-state index contributed by atoms with van der Waals surface area (Å²) in [6.07, 6.45) is 0.858. The molecule has 5 rings (SSSR count). The van der Waals surface area contributed by atoms with Crippen molar-refractivity contribution in [3.8, 4) is 0 Å². The first kappa shape index (κ1) is 27.6. The number of alkyl halides is 3. The van der Waals surface area contributed by atoms with Crippen molar-refractivity contribution in [2.45, 2.75) is 49.5 Å². The number of benzene rings is 2. The molecule has 0 spiro atoms. The number of hydrogen-bond donors (Lipinski definition) is 1. The van der Waals surface area contributed by atoms with Crippen molar-refractivity contribution in [1.82, 2.24) is 14.9 Å². The van der Waals surface area contributed by atoms with Crippen LogP contribution in [-0.2, 0) is 32.1 Å². The number of amides is 2. The Hall–Kier alpha value is -4.00. The smallest absolute Gasteiger partial charge is 0.334 e. The lowest BCUT2D eigenvalue weighted by Gasteiger charge is -2.26. The Morgan fingerprint density at radius 2 is 1.80 bits per heavy atom. The fourth-order valence-corrected chi connectivity index (χ4v) is 5.93. The highest BCUT2D eigenvalue weighted by Gasteiger charge is 2.38. The van der Waals surface area contributed by atoms with Gasteiger partial charge in [-0.25, -0.2) is 18.4 Å². The van der Waals surface area contributed by atoms with E-state index in [1.54, 1.807) is 12.1 Å². The predicted molar refractivity (Wildman–Crippen MR) is 140 cm³/mol. The van der Waals surface area contributed by atoms with E-state index in [-0.39, 0.29) is 29.1 Å². The lowest BCUT2D eigenvalue weighted by Crippen LogP contribution is -2.35. The normalized spacial score (nSPS) is 19.0. The SMILES string of the molecule is CC(=O)N1Cc2cc(S(C)(=O)=O)ccc2[C@@H]1C(=O)Nc1cnc(N2CCCC2c2cccc(C(F)(F)F)c2)nc1. The van der Waals surface area contributed by atoms with Crippen LogP contribution < -0.4 is 10.2 Å². The van der Waals surface area contributed by atoms with Crippen LogP contribution in [0.3, 0.4) is 0 Å². The van der Waals surface area contributed by atoms with Gasteiger partial charge in [0.25, 0.3) is 5.91 Å². The largest absolute Gasteiger partial charge is 0.416 e. The molecule has 2 aliphatic rings. The molecule has 1 saturated heterocycles. The maximum atomic E-state index is 13.3. The van der Waals surface area contributed by atoms with Crippen molar-refractivity contribution in [3.63, 3.8) is 0 Å². The molecule has 1 aromatic heterocycles. The molecule has 13 heteroatoms. The molecular weight excluding hydrogens is 547 g/mol. The topological polar surface area (TPSA) is 113 Å². The average Bonchev–Trinajstić information content (AvgIpc) is 3.53. The van der Waals surface area contributed by atoms with Crippen molar-refractivity contribution in [2.24, 2.45) is 0 Å². The van der Waals surface area contributed by atoms with E-state index in [1.807, 2.05) is 4.90 Å². The van der Waals surface area contributed by atoms with Gasteiger partial charge >= 0.3 is 6.18 Å². The highest BCUT2D eigenvalue weighted by Crippen LogP contribution is 2.38. The van der Waals surface area contributed by atoms with Gasteiger partial charge in [-0.2, -0.15) is 13.2 Å². The number of halogens is 3. The van der Waals surface area contributed by atoms with E-state index in [1.165, 1.54) is 42.4 Å². The van der Waals surface area contributed by atoms with Crippen LogP contribution in [0.25, 0.3) is 0 Å². The second-order valence-corrected chi connectivity index (χ2v) is 11.9. The van der Waals surface area contributed by atoms with Crippen LogP contribution in [0.2, 0.25) is 0 Å². The molecule has 2 atom stereocenters. The van der Waals surface area contributed by atoms with Crippen molar-refractivity contribution in [2.75, 3.05) is 23.0 Å². The Balaban J connectivity index is 1.34. The first-order valence-electron chi connectivity index (χ1n) is 12.5. The Bertz CT molecular complexity index is 1580. The van der Waals surface area contributed by atoms with Gasteiger partial charge in [0.1, 0.15) is 6.04 Å². The highest BCUT2D eigenvalue weighted by molar-refractivity contribution is 7.90. The monoisotopic (exact) mass is 573 g/mol. The molecule has 0 bridgehead atoms. The summed E-state index contributed by atoms with van der Waals surface area (Å²) in [4.78, 5) is 37.6. The van der Waals surface area contributed by atoms with E-state index >= 15 is 0 Å². The number of aromatic nitrogens is 2. The molecule has 1 N–H and O–H groups in total. The van der Waals surface area contributed by atoms with Crippen LogP contribution in [-0.4, -0.2) is 47.9 Å². The molecule has 210 valence electrons. The number of nitrogens with one attached hydrogen (secondary N) is 1. The number of rotatable bonds is 5. The lowest BCUT2D eigenvalue weighted by molar-refractivity contribution is -0.137. The van der Waals surface area contributed by atoms with Gasteiger partial charge in [0.2, 0.25) is 11.9 Å². The first-order chi connectivity index (χ1) is 18.8. The number of anilines is 2. The van der Waals surface area contributed by atoms with E-state index in [0.29, 0.717) is 35.6 Å². The second-order valence-electron chi connectivity index (χ2n) is 9.92. The molecule has 3 heterocycles. The van der Waals surface area contributed by atoms with Crippen LogP contribution in [0.15, 0.2) is 59.8 Å². The van der Waals surface area contributed by atoms with E-state index in [0.717, 1.165) is 24.8 Å². The van der Waals surface area contributed by atoms with Crippen molar-refractivity contribution in [3.05, 3.63) is 77.1 Å². The Morgan fingerprint density at radius 3 is 2.45 bits per heavy atom. The summed E-state index contributed by atoms with van der Waals surface area (Å²) in [6.45, 7) is 1.99. The summed E-state index contributed by atoms with van der Waals surface area (Å²) in [6, 6.07) is 8.37. The molecule has 0 aliphatic carbocycles. The quantitative estimate of drug-likeness (QED) is 0.485. The fraction of sp³-hybridized carbons (Fsp3) is 0.333. The van der Waals surface area contributed by atoms with Gasteiger partial charge < -0.3 is 15.1 Å². The molecule has 2 aromatic carbocycles. The van der Waals surface area contributed by atoms with E-state index in [2.05, 4.69) is 15.3 Å². The van der Waals surface area contributed by atoms with Gasteiger partial charge in [-0.15, -0.1) is 0 Å². The third-order valence-corrected chi connectivity index (χ3v) is 8.27. The van der Waals surface area contributed by atoms with Crippen LogP contribution in [0.5, 0.6) is 0 Å². The van der Waals surface area contributed by atoms with Gasteiger partial charge in [-0.1, -0.05) is 18.2 Å². The fourth-order valence-electron chi connectivity index (χ4n) is 5.25. The molecule has 40 heavy (non-hydrogen) atoms.